The average molecular weight is 250 g/mol. The molecule has 7 nitrogen and oxygen atoms in total. The van der Waals surface area contributed by atoms with Crippen LogP contribution in [-0.4, -0.2) is 33.7 Å². The van der Waals surface area contributed by atoms with Crippen LogP contribution in [0.25, 0.3) is 0 Å². The number of aromatic hydroxyl groups is 1. The molecule has 0 bridgehead atoms. The molecule has 0 radical (unpaired) electrons. The molecule has 8 heteroatoms. The van der Waals surface area contributed by atoms with Crippen LogP contribution in [0.4, 0.5) is 0 Å². The predicted octanol–water partition coefficient (Wildman–Crippen LogP) is 0.366. The Morgan fingerprint density at radius 1 is 1.25 bits per heavy atom. The van der Waals surface area contributed by atoms with Crippen LogP contribution in [0.1, 0.15) is 5.56 Å². The van der Waals surface area contributed by atoms with Crippen LogP contribution in [0.15, 0.2) is 24.3 Å². The fraction of sp³-hybridized carbons (Fsp3) is 0.125. The van der Waals surface area contributed by atoms with Crippen molar-refractivity contribution in [3.8, 4) is 5.75 Å². The van der Waals surface area contributed by atoms with E-state index in [9.17, 15) is 4.79 Å². The quantitative estimate of drug-likeness (QED) is 0.557. The minimum absolute atomic E-state index is 0.0472. The van der Waals surface area contributed by atoms with Gasteiger partial charge in [-0.25, -0.2) is 0 Å². The first-order valence-corrected chi connectivity index (χ1v) is 5.28. The lowest BCUT2D eigenvalue weighted by Crippen LogP contribution is -1.99. The van der Waals surface area contributed by atoms with Gasteiger partial charge in [-0.2, -0.15) is 8.42 Å². The van der Waals surface area contributed by atoms with Gasteiger partial charge in [-0.15, -0.1) is 0 Å². The van der Waals surface area contributed by atoms with Crippen molar-refractivity contribution in [3.63, 3.8) is 0 Å². The number of hydrogen-bond acceptors (Lipinski definition) is 4. The third-order valence-corrected chi connectivity index (χ3v) is 1.27. The van der Waals surface area contributed by atoms with E-state index in [1.54, 1.807) is 12.1 Å². The lowest BCUT2D eigenvalue weighted by atomic mass is 10.1. The van der Waals surface area contributed by atoms with Crippen LogP contribution >= 0.6 is 0 Å². The van der Waals surface area contributed by atoms with Gasteiger partial charge >= 0.3 is 16.4 Å². The van der Waals surface area contributed by atoms with E-state index in [1.807, 2.05) is 0 Å². The normalized spacial score (nSPS) is 10.1. The van der Waals surface area contributed by atoms with E-state index in [0.717, 1.165) is 0 Å². The van der Waals surface area contributed by atoms with Gasteiger partial charge in [0.25, 0.3) is 0 Å². The summed E-state index contributed by atoms with van der Waals surface area (Å²) in [6.45, 7) is 0. The maximum Gasteiger partial charge on any atom is 0.394 e. The minimum Gasteiger partial charge on any atom is -0.508 e. The van der Waals surface area contributed by atoms with Gasteiger partial charge < -0.3 is 10.2 Å². The topological polar surface area (TPSA) is 132 Å². The number of benzene rings is 1. The maximum atomic E-state index is 10.2. The molecule has 1 aromatic rings. The zero-order valence-corrected chi connectivity index (χ0v) is 8.75. The highest BCUT2D eigenvalue weighted by atomic mass is 32.3. The van der Waals surface area contributed by atoms with Crippen LogP contribution in [0.2, 0.25) is 0 Å². The summed E-state index contributed by atoms with van der Waals surface area (Å²) < 4.78 is 31.6. The number of carboxylic acid groups (broad SMARTS) is 1. The molecule has 0 atom stereocenters. The molecule has 0 aliphatic rings. The highest BCUT2D eigenvalue weighted by Gasteiger charge is 1.99. The number of rotatable bonds is 2. The molecule has 0 saturated carbocycles. The molecule has 0 heterocycles. The molecule has 0 fully saturated rings. The van der Waals surface area contributed by atoms with Gasteiger partial charge in [0, 0.05) is 0 Å². The van der Waals surface area contributed by atoms with Crippen molar-refractivity contribution in [2.75, 3.05) is 0 Å². The van der Waals surface area contributed by atoms with Crippen molar-refractivity contribution in [1.29, 1.82) is 0 Å². The molecule has 0 aliphatic carbocycles. The molecule has 0 amide bonds. The Morgan fingerprint density at radius 3 is 2.12 bits per heavy atom. The summed E-state index contributed by atoms with van der Waals surface area (Å²) in [7, 11) is -4.67. The first-order chi connectivity index (χ1) is 7.18. The summed E-state index contributed by atoms with van der Waals surface area (Å²) in [6.07, 6.45) is -0.0472. The molecule has 1 rings (SSSR count). The number of phenols is 1. The average Bonchev–Trinajstić information content (AvgIpc) is 1.98. The maximum absolute atomic E-state index is 10.2. The van der Waals surface area contributed by atoms with Gasteiger partial charge in [0.2, 0.25) is 0 Å². The van der Waals surface area contributed by atoms with Gasteiger partial charge in [0.1, 0.15) is 5.75 Å². The van der Waals surface area contributed by atoms with Crippen molar-refractivity contribution >= 4 is 16.4 Å². The Morgan fingerprint density at radius 2 is 1.75 bits per heavy atom. The second-order valence-electron chi connectivity index (χ2n) is 2.69. The Balaban J connectivity index is 0.000000385. The number of carboxylic acids is 1. The summed E-state index contributed by atoms with van der Waals surface area (Å²) in [4.78, 5) is 10.2. The van der Waals surface area contributed by atoms with Gasteiger partial charge in [0.15, 0.2) is 0 Å². The molecule has 90 valence electrons. The molecule has 4 N–H and O–H groups in total. The lowest BCUT2D eigenvalue weighted by Gasteiger charge is -1.96. The summed E-state index contributed by atoms with van der Waals surface area (Å²) in [5.74, 6) is -0.792. The summed E-state index contributed by atoms with van der Waals surface area (Å²) in [5, 5.41) is 17.3. The Labute approximate surface area is 91.5 Å². The van der Waals surface area contributed by atoms with Crippen molar-refractivity contribution < 1.29 is 32.5 Å². The third kappa shape index (κ3) is 10.4. The second kappa shape index (κ2) is 6.05. The molecule has 1 aromatic carbocycles. The van der Waals surface area contributed by atoms with Crippen molar-refractivity contribution in [3.05, 3.63) is 29.8 Å². The van der Waals surface area contributed by atoms with Crippen molar-refractivity contribution in [2.24, 2.45) is 0 Å². The molecule has 0 saturated heterocycles. The summed E-state index contributed by atoms with van der Waals surface area (Å²) >= 11 is 0. The summed E-state index contributed by atoms with van der Waals surface area (Å²) in [5.41, 5.74) is 0.609. The van der Waals surface area contributed by atoms with E-state index < -0.39 is 16.4 Å². The number of hydrogen-bond donors (Lipinski definition) is 4. The predicted molar refractivity (Wildman–Crippen MR) is 53.6 cm³/mol. The highest BCUT2D eigenvalue weighted by Crippen LogP contribution is 2.10. The van der Waals surface area contributed by atoms with E-state index in [4.69, 9.17) is 27.7 Å². The van der Waals surface area contributed by atoms with Crippen LogP contribution < -0.4 is 0 Å². The molecule has 0 spiro atoms. The van der Waals surface area contributed by atoms with Crippen LogP contribution in [0.3, 0.4) is 0 Å². The zero-order chi connectivity index (χ0) is 12.8. The van der Waals surface area contributed by atoms with E-state index in [0.29, 0.717) is 5.56 Å². The van der Waals surface area contributed by atoms with Crippen molar-refractivity contribution in [1.82, 2.24) is 0 Å². The summed E-state index contributed by atoms with van der Waals surface area (Å²) in [6, 6.07) is 6.22. The first kappa shape index (κ1) is 14.4. The Kier molecular flexibility index (Phi) is 5.43. The van der Waals surface area contributed by atoms with Gasteiger partial charge in [-0.3, -0.25) is 13.9 Å². The molecular weight excluding hydrogens is 240 g/mol. The number of carbonyl (C=O) groups is 1. The van der Waals surface area contributed by atoms with Gasteiger partial charge in [-0.1, -0.05) is 12.1 Å². The molecular formula is C8H10O7S. The SMILES string of the molecule is O=C(O)Cc1cccc(O)c1.O=S(=O)(O)O. The van der Waals surface area contributed by atoms with Crippen LogP contribution in [0.5, 0.6) is 5.75 Å². The molecule has 16 heavy (non-hydrogen) atoms. The molecule has 0 aromatic heterocycles. The second-order valence-corrected chi connectivity index (χ2v) is 3.58. The fourth-order valence-electron chi connectivity index (χ4n) is 0.841. The first-order valence-electron chi connectivity index (χ1n) is 3.88. The minimum atomic E-state index is -4.67. The van der Waals surface area contributed by atoms with E-state index >= 15 is 0 Å². The number of aliphatic carboxylic acids is 1. The third-order valence-electron chi connectivity index (χ3n) is 1.27. The largest absolute Gasteiger partial charge is 0.508 e. The Bertz CT molecular complexity index is 443. The highest BCUT2D eigenvalue weighted by molar-refractivity contribution is 7.79. The smallest absolute Gasteiger partial charge is 0.394 e. The van der Waals surface area contributed by atoms with Crippen LogP contribution in [-0.2, 0) is 21.6 Å². The number of phenolic OH excluding ortho intramolecular Hbond substituents is 1. The Hall–Kier alpha value is -1.64. The molecule has 0 aliphatic heterocycles. The standard InChI is InChI=1S/C8H8O3.H2O4S/c9-7-3-1-2-6(4-7)5-8(10)11;1-5(2,3)4/h1-4,9H,5H2,(H,10,11);(H2,1,2,3,4). The van der Waals surface area contributed by atoms with Gasteiger partial charge in [0.05, 0.1) is 6.42 Å². The van der Waals surface area contributed by atoms with Gasteiger partial charge in [-0.05, 0) is 17.7 Å². The van der Waals surface area contributed by atoms with Crippen molar-refractivity contribution in [2.45, 2.75) is 6.42 Å². The van der Waals surface area contributed by atoms with E-state index in [2.05, 4.69) is 0 Å². The monoisotopic (exact) mass is 250 g/mol. The van der Waals surface area contributed by atoms with E-state index in [1.165, 1.54) is 12.1 Å². The van der Waals surface area contributed by atoms with Crippen LogP contribution in [0, 0.1) is 0 Å². The fourth-order valence-corrected chi connectivity index (χ4v) is 0.841. The molecule has 0 unspecified atom stereocenters. The zero-order valence-electron chi connectivity index (χ0n) is 7.94. The van der Waals surface area contributed by atoms with E-state index in [-0.39, 0.29) is 12.2 Å². The lowest BCUT2D eigenvalue weighted by molar-refractivity contribution is -0.136.